The van der Waals surface area contributed by atoms with Crippen LogP contribution in [0.3, 0.4) is 0 Å². The number of aryl methyl sites for hydroxylation is 5. The molecule has 0 bridgehead atoms. The van der Waals surface area contributed by atoms with Crippen LogP contribution in [0.5, 0.6) is 0 Å². The van der Waals surface area contributed by atoms with E-state index in [4.69, 9.17) is 10.1 Å². The summed E-state index contributed by atoms with van der Waals surface area (Å²) in [6, 6.07) is 2.18. The zero-order chi connectivity index (χ0) is 17.3. The van der Waals surface area contributed by atoms with Crippen molar-refractivity contribution in [2.24, 2.45) is 0 Å². The molecular weight excluding hydrogens is 344 g/mol. The highest BCUT2D eigenvalue weighted by atomic mass is 32.1. The Bertz CT molecular complexity index is 858. The standard InChI is InChI=1S/C19H24N6S/c1-2-5-17-15(4-1)22-18(26-17)6-10-24-11-8-21-19(24)16-12-14-13-20-7-3-9-25(14)23-16/h8,11-12,20H,1-7,9-10,13H2. The Labute approximate surface area is 157 Å². The van der Waals surface area contributed by atoms with Crippen molar-refractivity contribution in [1.82, 2.24) is 29.6 Å². The van der Waals surface area contributed by atoms with Gasteiger partial charge >= 0.3 is 0 Å². The van der Waals surface area contributed by atoms with Gasteiger partial charge in [0.2, 0.25) is 0 Å². The van der Waals surface area contributed by atoms with Crippen LogP contribution in [0.15, 0.2) is 18.5 Å². The van der Waals surface area contributed by atoms with Crippen molar-refractivity contribution in [3.63, 3.8) is 0 Å². The molecule has 0 fully saturated rings. The van der Waals surface area contributed by atoms with Crippen LogP contribution in [-0.4, -0.2) is 30.9 Å². The van der Waals surface area contributed by atoms with Gasteiger partial charge in [-0.25, -0.2) is 9.97 Å². The maximum absolute atomic E-state index is 4.87. The maximum atomic E-state index is 4.87. The number of aromatic nitrogens is 5. The van der Waals surface area contributed by atoms with E-state index in [0.717, 1.165) is 57.0 Å². The Morgan fingerprint density at radius 1 is 1.19 bits per heavy atom. The molecule has 0 atom stereocenters. The van der Waals surface area contributed by atoms with E-state index in [9.17, 15) is 0 Å². The van der Waals surface area contributed by atoms with Crippen LogP contribution >= 0.6 is 11.3 Å². The molecule has 0 spiro atoms. The lowest BCUT2D eigenvalue weighted by Gasteiger charge is -2.06. The van der Waals surface area contributed by atoms with Crippen molar-refractivity contribution >= 4 is 11.3 Å². The van der Waals surface area contributed by atoms with Gasteiger partial charge in [-0.15, -0.1) is 11.3 Å². The quantitative estimate of drug-likeness (QED) is 0.769. The molecule has 0 amide bonds. The van der Waals surface area contributed by atoms with Crippen LogP contribution in [0.2, 0.25) is 0 Å². The average molecular weight is 369 g/mol. The molecule has 136 valence electrons. The van der Waals surface area contributed by atoms with Gasteiger partial charge in [-0.2, -0.15) is 5.10 Å². The number of hydrogen-bond donors (Lipinski definition) is 1. The van der Waals surface area contributed by atoms with Gasteiger partial charge in [0.25, 0.3) is 0 Å². The van der Waals surface area contributed by atoms with E-state index < -0.39 is 0 Å². The van der Waals surface area contributed by atoms with Crippen molar-refractivity contribution in [1.29, 1.82) is 0 Å². The number of rotatable bonds is 4. The third-order valence-electron chi connectivity index (χ3n) is 5.29. The molecule has 0 radical (unpaired) electrons. The Hall–Kier alpha value is -1.99. The van der Waals surface area contributed by atoms with Crippen molar-refractivity contribution < 1.29 is 0 Å². The minimum absolute atomic E-state index is 0.887. The molecule has 7 heteroatoms. The van der Waals surface area contributed by atoms with Gasteiger partial charge in [-0.1, -0.05) is 0 Å². The Kier molecular flexibility index (Phi) is 4.34. The molecule has 0 saturated carbocycles. The van der Waals surface area contributed by atoms with Crippen molar-refractivity contribution in [2.45, 2.75) is 58.2 Å². The van der Waals surface area contributed by atoms with Crippen LogP contribution in [-0.2, 0) is 38.9 Å². The molecule has 5 rings (SSSR count). The predicted molar refractivity (Wildman–Crippen MR) is 102 cm³/mol. The summed E-state index contributed by atoms with van der Waals surface area (Å²) in [4.78, 5) is 11.0. The van der Waals surface area contributed by atoms with Gasteiger partial charge in [0.15, 0.2) is 5.82 Å². The third kappa shape index (κ3) is 3.10. The van der Waals surface area contributed by atoms with E-state index in [2.05, 4.69) is 31.8 Å². The summed E-state index contributed by atoms with van der Waals surface area (Å²) in [6.45, 7) is 3.83. The fourth-order valence-electron chi connectivity index (χ4n) is 3.92. The molecule has 26 heavy (non-hydrogen) atoms. The molecule has 3 aromatic heterocycles. The average Bonchev–Trinajstić information content (AvgIpc) is 3.34. The lowest BCUT2D eigenvalue weighted by atomic mass is 10.0. The van der Waals surface area contributed by atoms with Gasteiger partial charge in [0.05, 0.1) is 16.4 Å². The highest BCUT2D eigenvalue weighted by molar-refractivity contribution is 7.11. The number of nitrogens with zero attached hydrogens (tertiary/aromatic N) is 5. The minimum atomic E-state index is 0.887. The molecule has 6 nitrogen and oxygen atoms in total. The summed E-state index contributed by atoms with van der Waals surface area (Å²) in [6.07, 6.45) is 11.0. The second-order valence-electron chi connectivity index (χ2n) is 7.15. The van der Waals surface area contributed by atoms with Gasteiger partial charge < -0.3 is 9.88 Å². The summed E-state index contributed by atoms with van der Waals surface area (Å²) in [5.41, 5.74) is 3.58. The van der Waals surface area contributed by atoms with Crippen LogP contribution in [0.25, 0.3) is 11.5 Å². The maximum Gasteiger partial charge on any atom is 0.160 e. The number of hydrogen-bond acceptors (Lipinski definition) is 5. The van der Waals surface area contributed by atoms with Crippen molar-refractivity contribution in [2.75, 3.05) is 6.54 Å². The molecule has 1 aliphatic carbocycles. The number of nitrogens with one attached hydrogen (secondary N) is 1. The Morgan fingerprint density at radius 2 is 2.15 bits per heavy atom. The molecule has 1 N–H and O–H groups in total. The summed E-state index contributed by atoms with van der Waals surface area (Å²) in [5, 5.41) is 9.52. The Balaban J connectivity index is 1.34. The first-order valence-corrected chi connectivity index (χ1v) is 10.4. The molecule has 4 heterocycles. The van der Waals surface area contributed by atoms with E-state index in [1.54, 1.807) is 0 Å². The van der Waals surface area contributed by atoms with Gasteiger partial charge in [-0.3, -0.25) is 4.68 Å². The Morgan fingerprint density at radius 3 is 3.12 bits per heavy atom. The highest BCUT2D eigenvalue weighted by Gasteiger charge is 2.17. The van der Waals surface area contributed by atoms with Gasteiger partial charge in [0.1, 0.15) is 5.69 Å². The van der Waals surface area contributed by atoms with E-state index in [1.807, 2.05) is 17.5 Å². The smallest absolute Gasteiger partial charge is 0.160 e. The first-order valence-electron chi connectivity index (χ1n) is 9.63. The second-order valence-corrected chi connectivity index (χ2v) is 8.32. The van der Waals surface area contributed by atoms with E-state index >= 15 is 0 Å². The van der Waals surface area contributed by atoms with Crippen molar-refractivity contribution in [3.05, 3.63) is 39.7 Å². The van der Waals surface area contributed by atoms with Gasteiger partial charge in [0, 0.05) is 43.3 Å². The fraction of sp³-hybridized carbons (Fsp3) is 0.526. The minimum Gasteiger partial charge on any atom is -0.329 e. The zero-order valence-electron chi connectivity index (χ0n) is 14.9. The summed E-state index contributed by atoms with van der Waals surface area (Å²) in [7, 11) is 0. The number of imidazole rings is 1. The molecule has 1 aliphatic heterocycles. The van der Waals surface area contributed by atoms with Crippen LogP contribution in [0.1, 0.15) is 40.5 Å². The number of thiazole rings is 1. The number of fused-ring (bicyclic) bond motifs is 2. The molecule has 0 aromatic carbocycles. The molecular formula is C19H24N6S. The molecule has 0 saturated heterocycles. The zero-order valence-corrected chi connectivity index (χ0v) is 15.8. The fourth-order valence-corrected chi connectivity index (χ4v) is 5.07. The molecule has 0 unspecified atom stereocenters. The second kappa shape index (κ2) is 6.96. The van der Waals surface area contributed by atoms with Gasteiger partial charge in [-0.05, 0) is 44.7 Å². The lowest BCUT2D eigenvalue weighted by molar-refractivity contribution is 0.587. The first kappa shape index (κ1) is 16.2. The van der Waals surface area contributed by atoms with Crippen LogP contribution in [0, 0.1) is 0 Å². The largest absolute Gasteiger partial charge is 0.329 e. The summed E-state index contributed by atoms with van der Waals surface area (Å²) in [5.74, 6) is 0.965. The highest BCUT2D eigenvalue weighted by Crippen LogP contribution is 2.27. The predicted octanol–water partition coefficient (Wildman–Crippen LogP) is 2.82. The summed E-state index contributed by atoms with van der Waals surface area (Å²) < 4.78 is 4.35. The van der Waals surface area contributed by atoms with E-state index in [1.165, 1.54) is 40.5 Å². The molecule has 3 aromatic rings. The lowest BCUT2D eigenvalue weighted by Crippen LogP contribution is -2.11. The first-order chi connectivity index (χ1) is 12.9. The summed E-state index contributed by atoms with van der Waals surface area (Å²) >= 11 is 1.91. The van der Waals surface area contributed by atoms with Crippen LogP contribution in [0.4, 0.5) is 0 Å². The van der Waals surface area contributed by atoms with Crippen molar-refractivity contribution in [3.8, 4) is 11.5 Å². The molecule has 2 aliphatic rings. The topological polar surface area (TPSA) is 60.6 Å². The monoisotopic (exact) mass is 368 g/mol. The third-order valence-corrected chi connectivity index (χ3v) is 6.51. The SMILES string of the molecule is c1cn(CCc2nc3c(s2)CCCC3)c(-c2cc3n(n2)CCCNC3)n1. The normalized spacial score (nSPS) is 16.9. The van der Waals surface area contributed by atoms with E-state index in [-0.39, 0.29) is 0 Å². The van der Waals surface area contributed by atoms with Crippen LogP contribution < -0.4 is 5.32 Å². The van der Waals surface area contributed by atoms with E-state index in [0.29, 0.717) is 0 Å².